The summed E-state index contributed by atoms with van der Waals surface area (Å²) in [5, 5.41) is 2.00. The van der Waals surface area contributed by atoms with Gasteiger partial charge in [-0.15, -0.1) is 23.1 Å². The van der Waals surface area contributed by atoms with Gasteiger partial charge in [-0.25, -0.2) is 13.4 Å². The van der Waals surface area contributed by atoms with E-state index in [0.29, 0.717) is 30.2 Å². The van der Waals surface area contributed by atoms with Crippen LogP contribution in [-0.4, -0.2) is 61.8 Å². The molecule has 0 N–H and O–H groups in total. The number of carbonyl (C=O) groups excluding carboxylic acids is 1. The van der Waals surface area contributed by atoms with E-state index in [0.717, 1.165) is 10.6 Å². The third-order valence-corrected chi connectivity index (χ3v) is 8.85. The maximum Gasteiger partial charge on any atom is 0.255 e. The molecule has 1 amide bonds. The predicted molar refractivity (Wildman–Crippen MR) is 126 cm³/mol. The maximum atomic E-state index is 13.2. The second-order valence-electron chi connectivity index (χ2n) is 7.14. The number of nitrogens with zero attached hydrogens (tertiary/aromatic N) is 3. The van der Waals surface area contributed by atoms with E-state index in [4.69, 9.17) is 4.74 Å². The number of benzene rings is 2. The zero-order chi connectivity index (χ0) is 22.6. The van der Waals surface area contributed by atoms with E-state index in [2.05, 4.69) is 4.98 Å². The van der Waals surface area contributed by atoms with E-state index in [1.807, 2.05) is 29.6 Å². The monoisotopic (exact) mass is 489 g/mol. The molecule has 0 unspecified atom stereocenters. The zero-order valence-corrected chi connectivity index (χ0v) is 20.0. The van der Waals surface area contributed by atoms with Crippen molar-refractivity contribution in [2.45, 2.75) is 15.5 Å². The topological polar surface area (TPSA) is 79.8 Å². The quantitative estimate of drug-likeness (QED) is 0.472. The number of aromatic nitrogens is 1. The fourth-order valence-corrected chi connectivity index (χ4v) is 6.46. The smallest absolute Gasteiger partial charge is 0.255 e. The number of methoxy groups -OCH3 is 1. The van der Waals surface area contributed by atoms with Crippen LogP contribution >= 0.6 is 23.1 Å². The van der Waals surface area contributed by atoms with E-state index < -0.39 is 10.0 Å². The van der Waals surface area contributed by atoms with Crippen LogP contribution in [0.3, 0.4) is 0 Å². The van der Waals surface area contributed by atoms with Crippen LogP contribution in [0.4, 0.5) is 0 Å². The van der Waals surface area contributed by atoms with E-state index in [9.17, 15) is 13.2 Å². The van der Waals surface area contributed by atoms with Crippen molar-refractivity contribution in [1.82, 2.24) is 14.2 Å². The summed E-state index contributed by atoms with van der Waals surface area (Å²) in [4.78, 5) is 20.3. The number of piperazine rings is 1. The molecule has 4 rings (SSSR count). The summed E-state index contributed by atoms with van der Waals surface area (Å²) < 4.78 is 32.4. The molecular weight excluding hydrogens is 466 g/mol. The van der Waals surface area contributed by atoms with Gasteiger partial charge in [-0.05, 0) is 36.4 Å². The van der Waals surface area contributed by atoms with Crippen LogP contribution in [0, 0.1) is 0 Å². The highest BCUT2D eigenvalue weighted by atomic mass is 32.2. The van der Waals surface area contributed by atoms with Crippen molar-refractivity contribution < 1.29 is 17.9 Å². The molecule has 10 heteroatoms. The van der Waals surface area contributed by atoms with Crippen LogP contribution in [-0.2, 0) is 15.8 Å². The Morgan fingerprint density at radius 3 is 2.47 bits per heavy atom. The van der Waals surface area contributed by atoms with Crippen LogP contribution in [0.5, 0.6) is 5.75 Å². The number of thioether (sulfide) groups is 1. The number of hydrogen-bond donors (Lipinski definition) is 0. The molecule has 2 heterocycles. The average Bonchev–Trinajstić information content (AvgIpc) is 3.36. The molecule has 1 aliphatic heterocycles. The van der Waals surface area contributed by atoms with Gasteiger partial charge in [0.05, 0.1) is 28.8 Å². The normalized spacial score (nSPS) is 15.0. The molecule has 1 aliphatic rings. The van der Waals surface area contributed by atoms with E-state index in [-0.39, 0.29) is 23.9 Å². The minimum Gasteiger partial charge on any atom is -0.497 e. The van der Waals surface area contributed by atoms with Crippen LogP contribution in [0.1, 0.15) is 16.1 Å². The second-order valence-corrected chi connectivity index (χ2v) is 10.8. The third kappa shape index (κ3) is 4.98. The highest BCUT2D eigenvalue weighted by Gasteiger charge is 2.31. The molecule has 1 saturated heterocycles. The molecule has 32 heavy (non-hydrogen) atoms. The molecule has 7 nitrogen and oxygen atoms in total. The highest BCUT2D eigenvalue weighted by molar-refractivity contribution is 7.98. The van der Waals surface area contributed by atoms with Crippen molar-refractivity contribution >= 4 is 39.0 Å². The highest BCUT2D eigenvalue weighted by Crippen LogP contribution is 2.28. The average molecular weight is 490 g/mol. The number of carbonyl (C=O) groups is 1. The molecular formula is C22H23N3O4S3. The van der Waals surface area contributed by atoms with E-state index in [1.165, 1.54) is 11.4 Å². The molecule has 0 spiro atoms. The zero-order valence-electron chi connectivity index (χ0n) is 17.5. The Kier molecular flexibility index (Phi) is 7.14. The fraction of sp³-hybridized carbons (Fsp3) is 0.273. The summed E-state index contributed by atoms with van der Waals surface area (Å²) in [6.07, 6.45) is 0. The largest absolute Gasteiger partial charge is 0.497 e. The Morgan fingerprint density at radius 2 is 1.81 bits per heavy atom. The fourth-order valence-electron chi connectivity index (χ4n) is 3.43. The molecule has 1 aromatic heterocycles. The van der Waals surface area contributed by atoms with Crippen LogP contribution in [0.25, 0.3) is 0 Å². The van der Waals surface area contributed by atoms with Crippen molar-refractivity contribution in [2.75, 3.05) is 33.3 Å². The van der Waals surface area contributed by atoms with Gasteiger partial charge in [0.25, 0.3) is 5.91 Å². The lowest BCUT2D eigenvalue weighted by Crippen LogP contribution is -2.50. The number of sulfonamides is 1. The first-order valence-corrected chi connectivity index (χ1v) is 13.4. The van der Waals surface area contributed by atoms with Gasteiger partial charge < -0.3 is 9.64 Å². The van der Waals surface area contributed by atoms with Crippen molar-refractivity contribution in [2.24, 2.45) is 0 Å². The van der Waals surface area contributed by atoms with Gasteiger partial charge in [-0.3, -0.25) is 4.79 Å². The lowest BCUT2D eigenvalue weighted by Gasteiger charge is -2.34. The molecule has 0 bridgehead atoms. The number of amides is 1. The summed E-state index contributed by atoms with van der Waals surface area (Å²) in [6, 6.07) is 13.9. The van der Waals surface area contributed by atoms with Gasteiger partial charge in [0.1, 0.15) is 5.75 Å². The van der Waals surface area contributed by atoms with Crippen molar-refractivity contribution in [3.8, 4) is 5.75 Å². The first kappa shape index (κ1) is 22.8. The maximum absolute atomic E-state index is 13.2. The Labute approximate surface area is 196 Å². The first-order valence-electron chi connectivity index (χ1n) is 10.0. The molecule has 0 aliphatic carbocycles. The minimum absolute atomic E-state index is 0.0760. The molecule has 0 atom stereocenters. The second kappa shape index (κ2) is 10.0. The summed E-state index contributed by atoms with van der Waals surface area (Å²) >= 11 is 3.13. The van der Waals surface area contributed by atoms with Crippen molar-refractivity contribution in [3.63, 3.8) is 0 Å². The summed E-state index contributed by atoms with van der Waals surface area (Å²) in [5.74, 6) is 1.22. The van der Waals surface area contributed by atoms with Gasteiger partial charge in [0, 0.05) is 42.2 Å². The summed E-state index contributed by atoms with van der Waals surface area (Å²) in [7, 11) is -2.08. The van der Waals surface area contributed by atoms with Gasteiger partial charge in [0.2, 0.25) is 10.0 Å². The molecule has 1 fully saturated rings. The Morgan fingerprint density at radius 1 is 1.09 bits per heavy atom. The first-order chi connectivity index (χ1) is 15.5. The van der Waals surface area contributed by atoms with Gasteiger partial charge in [-0.2, -0.15) is 4.31 Å². The minimum atomic E-state index is -3.61. The lowest BCUT2D eigenvalue weighted by atomic mass is 10.2. The SMILES string of the molecule is COc1ccc(S(=O)(=O)N2CCN(C(=O)c3ccccc3SCc3cscn3)CC2)cc1. The number of thiazole rings is 1. The lowest BCUT2D eigenvalue weighted by molar-refractivity contribution is 0.0694. The van der Waals surface area contributed by atoms with Gasteiger partial charge in [-0.1, -0.05) is 12.1 Å². The van der Waals surface area contributed by atoms with E-state index in [1.54, 1.807) is 57.8 Å². The molecule has 168 valence electrons. The number of hydrogen-bond acceptors (Lipinski definition) is 7. The molecule has 2 aromatic carbocycles. The van der Waals surface area contributed by atoms with Crippen LogP contribution < -0.4 is 4.74 Å². The van der Waals surface area contributed by atoms with Crippen LogP contribution in [0.2, 0.25) is 0 Å². The summed E-state index contributed by atoms with van der Waals surface area (Å²) in [5.41, 5.74) is 3.42. The summed E-state index contributed by atoms with van der Waals surface area (Å²) in [6.45, 7) is 1.21. The van der Waals surface area contributed by atoms with Crippen molar-refractivity contribution in [3.05, 3.63) is 70.7 Å². The van der Waals surface area contributed by atoms with Gasteiger partial charge >= 0.3 is 0 Å². The molecule has 0 radical (unpaired) electrons. The van der Waals surface area contributed by atoms with Crippen molar-refractivity contribution in [1.29, 1.82) is 0 Å². The standard InChI is InChI=1S/C22H23N3O4S3/c1-29-18-6-8-19(9-7-18)32(27,28)25-12-10-24(11-13-25)22(26)20-4-2-3-5-21(20)31-15-17-14-30-16-23-17/h2-9,14,16H,10-13,15H2,1H3. The van der Waals surface area contributed by atoms with Gasteiger partial charge in [0.15, 0.2) is 0 Å². The predicted octanol–water partition coefficient (Wildman–Crippen LogP) is 3.59. The van der Waals surface area contributed by atoms with E-state index >= 15 is 0 Å². The number of ether oxygens (including phenoxy) is 1. The number of rotatable bonds is 7. The third-order valence-electron chi connectivity index (χ3n) is 5.20. The molecule has 3 aromatic rings. The van der Waals surface area contributed by atoms with Crippen LogP contribution in [0.15, 0.2) is 69.2 Å². The molecule has 0 saturated carbocycles. The Bertz CT molecular complexity index is 1160. The Hall–Kier alpha value is -2.40. The Balaban J connectivity index is 1.41.